The van der Waals surface area contributed by atoms with Gasteiger partial charge in [0, 0.05) is 16.3 Å². The van der Waals surface area contributed by atoms with E-state index in [0.717, 1.165) is 33.0 Å². The van der Waals surface area contributed by atoms with E-state index >= 15 is 0 Å². The van der Waals surface area contributed by atoms with Gasteiger partial charge in [-0.1, -0.05) is 12.1 Å². The summed E-state index contributed by atoms with van der Waals surface area (Å²) in [6.45, 7) is 5.91. The molecular formula is C16H18N2O3S. The summed E-state index contributed by atoms with van der Waals surface area (Å²) in [6.07, 6.45) is 1.52. The van der Waals surface area contributed by atoms with Crippen molar-refractivity contribution >= 4 is 26.6 Å². The maximum Gasteiger partial charge on any atom is 0.268 e. The van der Waals surface area contributed by atoms with Gasteiger partial charge in [0.05, 0.1) is 11.8 Å². The van der Waals surface area contributed by atoms with Crippen LogP contribution in [0.15, 0.2) is 23.6 Å². The maximum absolute atomic E-state index is 12.5. The predicted molar refractivity (Wildman–Crippen MR) is 86.7 cm³/mol. The van der Waals surface area contributed by atoms with Crippen LogP contribution in [0.1, 0.15) is 27.2 Å². The molecule has 0 radical (unpaired) electrons. The minimum absolute atomic E-state index is 0.0733. The lowest BCUT2D eigenvalue weighted by molar-refractivity contribution is 0.0943. The average Bonchev–Trinajstić information content (AvgIpc) is 2.95. The van der Waals surface area contributed by atoms with Gasteiger partial charge in [-0.15, -0.1) is 0 Å². The van der Waals surface area contributed by atoms with E-state index in [2.05, 4.69) is 10.3 Å². The number of aromatic nitrogens is 1. The number of carbonyl (C=O) groups excluding carboxylic acids is 1. The Morgan fingerprint density at radius 2 is 1.91 bits per heavy atom. The molecule has 1 aliphatic heterocycles. The second kappa shape index (κ2) is 4.98. The Labute approximate surface area is 129 Å². The zero-order chi connectivity index (χ0) is 16.1. The topological polar surface area (TPSA) is 79.0 Å². The number of aromatic amines is 1. The van der Waals surface area contributed by atoms with Crippen LogP contribution in [0.4, 0.5) is 0 Å². The van der Waals surface area contributed by atoms with Gasteiger partial charge >= 0.3 is 0 Å². The van der Waals surface area contributed by atoms with Crippen LogP contribution < -0.4 is 5.32 Å². The lowest BCUT2D eigenvalue weighted by atomic mass is 10.0. The number of amides is 1. The van der Waals surface area contributed by atoms with Gasteiger partial charge in [-0.05, 0) is 43.5 Å². The largest absolute Gasteiger partial charge is 0.350 e. The number of fused-ring (bicyclic) bond motifs is 1. The highest BCUT2D eigenvalue weighted by atomic mass is 32.2. The number of H-pyrrole nitrogens is 1. The summed E-state index contributed by atoms with van der Waals surface area (Å²) in [5.41, 5.74) is 4.52. The van der Waals surface area contributed by atoms with Crippen molar-refractivity contribution in [2.45, 2.75) is 26.8 Å². The summed E-state index contributed by atoms with van der Waals surface area (Å²) in [6, 6.07) is 3.58. The summed E-state index contributed by atoms with van der Waals surface area (Å²) >= 11 is 0. The van der Waals surface area contributed by atoms with Crippen LogP contribution in [0, 0.1) is 20.8 Å². The monoisotopic (exact) mass is 318 g/mol. The summed E-state index contributed by atoms with van der Waals surface area (Å²) < 4.78 is 22.8. The Morgan fingerprint density at radius 3 is 2.50 bits per heavy atom. The number of sulfone groups is 1. The highest BCUT2D eigenvalue weighted by molar-refractivity contribution is 7.94. The smallest absolute Gasteiger partial charge is 0.268 e. The summed E-state index contributed by atoms with van der Waals surface area (Å²) in [7, 11) is -3.18. The summed E-state index contributed by atoms with van der Waals surface area (Å²) in [5.74, 6) is -0.352. The molecule has 0 aliphatic carbocycles. The number of carbonyl (C=O) groups is 1. The molecule has 6 heteroatoms. The fourth-order valence-electron chi connectivity index (χ4n) is 2.93. The normalized spacial score (nSPS) is 19.7. The van der Waals surface area contributed by atoms with Crippen LogP contribution in [0.5, 0.6) is 0 Å². The van der Waals surface area contributed by atoms with E-state index in [-0.39, 0.29) is 11.7 Å². The molecule has 1 aromatic heterocycles. The molecule has 2 heterocycles. The molecule has 2 N–H and O–H groups in total. The van der Waals surface area contributed by atoms with Crippen molar-refractivity contribution in [3.63, 3.8) is 0 Å². The minimum Gasteiger partial charge on any atom is -0.350 e. The molecule has 22 heavy (non-hydrogen) atoms. The van der Waals surface area contributed by atoms with Crippen molar-refractivity contribution in [2.24, 2.45) is 0 Å². The Balaban J connectivity index is 1.96. The van der Waals surface area contributed by atoms with Crippen molar-refractivity contribution in [1.29, 1.82) is 0 Å². The first kappa shape index (κ1) is 14.8. The zero-order valence-corrected chi connectivity index (χ0v) is 13.5. The van der Waals surface area contributed by atoms with E-state index in [1.54, 1.807) is 0 Å². The van der Waals surface area contributed by atoms with Crippen molar-refractivity contribution in [3.05, 3.63) is 46.0 Å². The van der Waals surface area contributed by atoms with E-state index in [9.17, 15) is 13.2 Å². The molecule has 1 aliphatic rings. The second-order valence-electron chi connectivity index (χ2n) is 5.81. The van der Waals surface area contributed by atoms with Crippen LogP contribution in [-0.2, 0) is 9.84 Å². The third-order valence-corrected chi connectivity index (χ3v) is 5.49. The molecule has 0 saturated heterocycles. The van der Waals surface area contributed by atoms with Crippen molar-refractivity contribution in [2.75, 3.05) is 5.75 Å². The first-order valence-corrected chi connectivity index (χ1v) is 8.80. The van der Waals surface area contributed by atoms with E-state index in [1.165, 1.54) is 6.08 Å². The van der Waals surface area contributed by atoms with Gasteiger partial charge in [-0.3, -0.25) is 4.79 Å². The van der Waals surface area contributed by atoms with Gasteiger partial charge in [0.1, 0.15) is 5.69 Å². The molecule has 116 valence electrons. The Bertz CT molecular complexity index is 907. The maximum atomic E-state index is 12.5. The highest BCUT2D eigenvalue weighted by Gasteiger charge is 2.25. The van der Waals surface area contributed by atoms with Gasteiger partial charge in [-0.25, -0.2) is 8.42 Å². The quantitative estimate of drug-likeness (QED) is 0.890. The molecule has 0 saturated carbocycles. The molecule has 0 spiro atoms. The standard InChI is InChI=1S/C16H18N2O3S/c1-9-4-5-10(2)14-13(9)11(3)15(18-14)16(19)17-12-6-7-22(20,21)8-12/h4-7,12,18H,8H2,1-3H3,(H,17,19)/t12-/m0/s1. The van der Waals surface area contributed by atoms with Gasteiger partial charge in [0.15, 0.2) is 9.84 Å². The molecule has 1 aromatic carbocycles. The predicted octanol–water partition coefficient (Wildman–Crippen LogP) is 2.13. The van der Waals surface area contributed by atoms with Crippen molar-refractivity contribution in [3.8, 4) is 0 Å². The number of aryl methyl sites for hydroxylation is 3. The average molecular weight is 318 g/mol. The van der Waals surface area contributed by atoms with Crippen LogP contribution >= 0.6 is 0 Å². The molecule has 1 atom stereocenters. The van der Waals surface area contributed by atoms with Crippen LogP contribution in [-0.4, -0.2) is 31.1 Å². The number of rotatable bonds is 2. The minimum atomic E-state index is -3.18. The van der Waals surface area contributed by atoms with Gasteiger partial charge in [0.2, 0.25) is 0 Å². The van der Waals surface area contributed by atoms with E-state index in [0.29, 0.717) is 5.69 Å². The first-order valence-electron chi connectivity index (χ1n) is 7.09. The Morgan fingerprint density at radius 1 is 1.23 bits per heavy atom. The molecule has 2 aromatic rings. The summed E-state index contributed by atoms with van der Waals surface area (Å²) in [5, 5.41) is 4.97. The molecule has 0 unspecified atom stereocenters. The van der Waals surface area contributed by atoms with Crippen molar-refractivity contribution < 1.29 is 13.2 Å². The molecule has 1 amide bonds. The number of nitrogens with one attached hydrogen (secondary N) is 2. The van der Waals surface area contributed by atoms with E-state index in [1.807, 2.05) is 32.9 Å². The molecular weight excluding hydrogens is 300 g/mol. The second-order valence-corrected chi connectivity index (χ2v) is 7.74. The van der Waals surface area contributed by atoms with Crippen LogP contribution in [0.25, 0.3) is 10.9 Å². The van der Waals surface area contributed by atoms with Gasteiger partial charge in [-0.2, -0.15) is 0 Å². The Kier molecular flexibility index (Phi) is 3.36. The third-order valence-electron chi connectivity index (χ3n) is 4.10. The number of hydrogen-bond acceptors (Lipinski definition) is 3. The van der Waals surface area contributed by atoms with Crippen LogP contribution in [0.3, 0.4) is 0 Å². The van der Waals surface area contributed by atoms with E-state index in [4.69, 9.17) is 0 Å². The van der Waals surface area contributed by atoms with Gasteiger partial charge < -0.3 is 10.3 Å². The lowest BCUT2D eigenvalue weighted by Gasteiger charge is -2.09. The third kappa shape index (κ3) is 2.43. The zero-order valence-electron chi connectivity index (χ0n) is 12.7. The van der Waals surface area contributed by atoms with Crippen molar-refractivity contribution in [1.82, 2.24) is 10.3 Å². The molecule has 3 rings (SSSR count). The fourth-order valence-corrected chi connectivity index (χ4v) is 4.17. The highest BCUT2D eigenvalue weighted by Crippen LogP contribution is 2.27. The fraction of sp³-hybridized carbons (Fsp3) is 0.312. The molecule has 0 fully saturated rings. The van der Waals surface area contributed by atoms with E-state index < -0.39 is 15.9 Å². The summed E-state index contributed by atoms with van der Waals surface area (Å²) in [4.78, 5) is 15.6. The molecule has 5 nitrogen and oxygen atoms in total. The Hall–Kier alpha value is -2.08. The number of benzene rings is 1. The lowest BCUT2D eigenvalue weighted by Crippen LogP contribution is -2.36. The van der Waals surface area contributed by atoms with Gasteiger partial charge in [0.25, 0.3) is 5.91 Å². The first-order chi connectivity index (χ1) is 10.3. The van der Waals surface area contributed by atoms with Crippen LogP contribution in [0.2, 0.25) is 0 Å². The number of hydrogen-bond donors (Lipinski definition) is 2. The SMILES string of the molecule is Cc1ccc(C)c2c(C)c(C(=O)N[C@H]3C=CS(=O)(=O)C3)[nH]c12. The molecule has 0 bridgehead atoms.